The van der Waals surface area contributed by atoms with E-state index in [0.717, 1.165) is 16.6 Å². The van der Waals surface area contributed by atoms with Crippen molar-refractivity contribution >= 4 is 37.3 Å². The first-order valence-corrected chi connectivity index (χ1v) is 8.97. The monoisotopic (exact) mass is 371 g/mol. The van der Waals surface area contributed by atoms with Gasteiger partial charge >= 0.3 is 0 Å². The molecule has 0 fully saturated rings. The highest BCUT2D eigenvalue weighted by molar-refractivity contribution is 9.11. The minimum absolute atomic E-state index is 0.329. The summed E-state index contributed by atoms with van der Waals surface area (Å²) in [6.07, 6.45) is 1.57. The molecule has 0 amide bonds. The SMILES string of the molecule is COCCOCCCCNS(=O)(=O)c1ccc(Br)s1. The Hall–Kier alpha value is 0.01000. The fraction of sp³-hybridized carbons (Fsp3) is 0.636. The Morgan fingerprint density at radius 3 is 2.68 bits per heavy atom. The molecule has 5 nitrogen and oxygen atoms in total. The van der Waals surface area contributed by atoms with Crippen molar-refractivity contribution in [2.24, 2.45) is 0 Å². The molecule has 1 aromatic rings. The second-order valence-corrected chi connectivity index (χ2v) is 8.23. The van der Waals surface area contributed by atoms with E-state index >= 15 is 0 Å². The third kappa shape index (κ3) is 6.82. The fourth-order valence-corrected chi connectivity index (χ4v) is 4.42. The van der Waals surface area contributed by atoms with Gasteiger partial charge in [-0.25, -0.2) is 13.1 Å². The smallest absolute Gasteiger partial charge is 0.250 e. The van der Waals surface area contributed by atoms with Gasteiger partial charge in [0.25, 0.3) is 0 Å². The van der Waals surface area contributed by atoms with Crippen LogP contribution in [0.2, 0.25) is 0 Å². The highest BCUT2D eigenvalue weighted by Gasteiger charge is 2.15. The molecule has 1 heterocycles. The number of rotatable bonds is 10. The van der Waals surface area contributed by atoms with Crippen LogP contribution in [0.15, 0.2) is 20.1 Å². The average molecular weight is 372 g/mol. The Labute approximate surface area is 126 Å². The van der Waals surface area contributed by atoms with E-state index in [1.165, 1.54) is 11.3 Å². The summed E-state index contributed by atoms with van der Waals surface area (Å²) < 4.78 is 37.5. The molecule has 0 bridgehead atoms. The topological polar surface area (TPSA) is 64.6 Å². The summed E-state index contributed by atoms with van der Waals surface area (Å²) in [6, 6.07) is 3.31. The molecule has 1 aromatic heterocycles. The lowest BCUT2D eigenvalue weighted by atomic mass is 10.3. The molecule has 0 aliphatic rings. The second kappa shape index (κ2) is 9.04. The molecule has 1 rings (SSSR count). The highest BCUT2D eigenvalue weighted by atomic mass is 79.9. The van der Waals surface area contributed by atoms with Crippen molar-refractivity contribution in [3.05, 3.63) is 15.9 Å². The van der Waals surface area contributed by atoms with Crippen LogP contribution in [0.5, 0.6) is 0 Å². The van der Waals surface area contributed by atoms with E-state index in [0.29, 0.717) is 30.6 Å². The standard InChI is InChI=1S/C11H18BrNO4S2/c1-16-8-9-17-7-3-2-6-13-19(14,15)11-5-4-10(12)18-11/h4-5,13H,2-3,6-9H2,1H3. The van der Waals surface area contributed by atoms with Crippen LogP contribution in [0.4, 0.5) is 0 Å². The van der Waals surface area contributed by atoms with Gasteiger partial charge in [-0.3, -0.25) is 0 Å². The maximum absolute atomic E-state index is 11.9. The van der Waals surface area contributed by atoms with Crippen molar-refractivity contribution in [1.82, 2.24) is 4.72 Å². The van der Waals surface area contributed by atoms with Gasteiger partial charge in [0.05, 0.1) is 17.0 Å². The van der Waals surface area contributed by atoms with Crippen LogP contribution in [-0.4, -0.2) is 41.9 Å². The largest absolute Gasteiger partial charge is 0.382 e. The second-order valence-electron chi connectivity index (χ2n) is 3.77. The molecular formula is C11H18BrNO4S2. The number of sulfonamides is 1. The van der Waals surface area contributed by atoms with Gasteiger partial charge in [0.2, 0.25) is 10.0 Å². The van der Waals surface area contributed by atoms with Gasteiger partial charge in [-0.15, -0.1) is 11.3 Å². The number of unbranched alkanes of at least 4 members (excludes halogenated alkanes) is 1. The minimum atomic E-state index is -3.36. The normalized spacial score (nSPS) is 11.9. The summed E-state index contributed by atoms with van der Waals surface area (Å²) in [4.78, 5) is 0. The molecule has 0 radical (unpaired) electrons. The van der Waals surface area contributed by atoms with E-state index in [4.69, 9.17) is 9.47 Å². The zero-order valence-corrected chi connectivity index (χ0v) is 13.9. The fourth-order valence-electron chi connectivity index (χ4n) is 1.29. The Morgan fingerprint density at radius 2 is 2.05 bits per heavy atom. The summed E-state index contributed by atoms with van der Waals surface area (Å²) in [5.41, 5.74) is 0. The Balaban J connectivity index is 2.15. The summed E-state index contributed by atoms with van der Waals surface area (Å²) in [6.45, 7) is 2.20. The number of halogens is 1. The third-order valence-corrected chi connectivity index (χ3v) is 5.83. The number of ether oxygens (including phenoxy) is 2. The van der Waals surface area contributed by atoms with E-state index < -0.39 is 10.0 Å². The van der Waals surface area contributed by atoms with Crippen LogP contribution in [0, 0.1) is 0 Å². The molecule has 19 heavy (non-hydrogen) atoms. The first-order valence-electron chi connectivity index (χ1n) is 5.88. The van der Waals surface area contributed by atoms with Crippen LogP contribution >= 0.6 is 27.3 Å². The van der Waals surface area contributed by atoms with Gasteiger partial charge in [-0.05, 0) is 40.9 Å². The van der Waals surface area contributed by atoms with Gasteiger partial charge in [0.15, 0.2) is 0 Å². The quantitative estimate of drug-likeness (QED) is 0.640. The van der Waals surface area contributed by atoms with Crippen molar-refractivity contribution in [2.75, 3.05) is 33.5 Å². The molecular weight excluding hydrogens is 354 g/mol. The van der Waals surface area contributed by atoms with Gasteiger partial charge in [0, 0.05) is 20.3 Å². The van der Waals surface area contributed by atoms with E-state index in [1.807, 2.05) is 0 Å². The van der Waals surface area contributed by atoms with Crippen LogP contribution in [0.1, 0.15) is 12.8 Å². The first-order chi connectivity index (χ1) is 9.06. The highest BCUT2D eigenvalue weighted by Crippen LogP contribution is 2.25. The number of methoxy groups -OCH3 is 1. The lowest BCUT2D eigenvalue weighted by Crippen LogP contribution is -2.24. The lowest BCUT2D eigenvalue weighted by Gasteiger charge is -2.05. The summed E-state index contributed by atoms with van der Waals surface area (Å²) in [5.74, 6) is 0. The van der Waals surface area contributed by atoms with Crippen LogP contribution in [0.3, 0.4) is 0 Å². The van der Waals surface area contributed by atoms with Gasteiger partial charge in [-0.2, -0.15) is 0 Å². The van der Waals surface area contributed by atoms with E-state index in [1.54, 1.807) is 19.2 Å². The van der Waals surface area contributed by atoms with Crippen molar-refractivity contribution < 1.29 is 17.9 Å². The summed E-state index contributed by atoms with van der Waals surface area (Å²) in [5, 5.41) is 0. The first kappa shape index (κ1) is 17.1. The Bertz CT molecular complexity index is 461. The Morgan fingerprint density at radius 1 is 1.26 bits per heavy atom. The molecule has 0 saturated heterocycles. The molecule has 0 aliphatic carbocycles. The van der Waals surface area contributed by atoms with Crippen LogP contribution in [-0.2, 0) is 19.5 Å². The van der Waals surface area contributed by atoms with E-state index in [2.05, 4.69) is 20.7 Å². The van der Waals surface area contributed by atoms with Crippen LogP contribution in [0.25, 0.3) is 0 Å². The molecule has 8 heteroatoms. The number of hydrogen-bond acceptors (Lipinski definition) is 5. The molecule has 0 spiro atoms. The Kier molecular flexibility index (Phi) is 8.12. The van der Waals surface area contributed by atoms with Crippen molar-refractivity contribution in [3.63, 3.8) is 0 Å². The maximum Gasteiger partial charge on any atom is 0.250 e. The third-order valence-electron chi connectivity index (χ3n) is 2.25. The number of hydrogen-bond donors (Lipinski definition) is 1. The molecule has 110 valence electrons. The maximum atomic E-state index is 11.9. The predicted molar refractivity (Wildman–Crippen MR) is 79.1 cm³/mol. The van der Waals surface area contributed by atoms with E-state index in [9.17, 15) is 8.42 Å². The average Bonchev–Trinajstić information content (AvgIpc) is 2.80. The predicted octanol–water partition coefficient (Wildman–Crippen LogP) is 2.23. The molecule has 0 aliphatic heterocycles. The number of nitrogens with one attached hydrogen (secondary N) is 1. The van der Waals surface area contributed by atoms with E-state index in [-0.39, 0.29) is 0 Å². The zero-order chi connectivity index (χ0) is 14.1. The van der Waals surface area contributed by atoms with Crippen molar-refractivity contribution in [3.8, 4) is 0 Å². The minimum Gasteiger partial charge on any atom is -0.382 e. The molecule has 0 aromatic carbocycles. The summed E-state index contributed by atoms with van der Waals surface area (Å²) in [7, 11) is -1.74. The lowest BCUT2D eigenvalue weighted by molar-refractivity contribution is 0.0689. The molecule has 0 unspecified atom stereocenters. The van der Waals surface area contributed by atoms with Crippen molar-refractivity contribution in [1.29, 1.82) is 0 Å². The van der Waals surface area contributed by atoms with Gasteiger partial charge in [-0.1, -0.05) is 0 Å². The number of thiophene rings is 1. The van der Waals surface area contributed by atoms with Crippen LogP contribution < -0.4 is 4.72 Å². The van der Waals surface area contributed by atoms with Gasteiger partial charge < -0.3 is 9.47 Å². The summed E-state index contributed by atoms with van der Waals surface area (Å²) >= 11 is 4.45. The molecule has 0 saturated carbocycles. The molecule has 0 atom stereocenters. The zero-order valence-electron chi connectivity index (χ0n) is 10.7. The molecule has 1 N–H and O–H groups in total. The van der Waals surface area contributed by atoms with Gasteiger partial charge in [0.1, 0.15) is 4.21 Å². The van der Waals surface area contributed by atoms with Crippen molar-refractivity contribution in [2.45, 2.75) is 17.1 Å².